The molecule has 0 radical (unpaired) electrons. The second-order valence-electron chi connectivity index (χ2n) is 7.13. The number of nitrogens with one attached hydrogen (secondary N) is 2. The van der Waals surface area contributed by atoms with E-state index in [0.717, 1.165) is 28.0 Å². The van der Waals surface area contributed by atoms with E-state index in [9.17, 15) is 4.79 Å². The van der Waals surface area contributed by atoms with Gasteiger partial charge in [0.25, 0.3) is 0 Å². The summed E-state index contributed by atoms with van der Waals surface area (Å²) in [5.41, 5.74) is 9.78. The summed E-state index contributed by atoms with van der Waals surface area (Å²) in [6, 6.07) is 12.9. The lowest BCUT2D eigenvalue weighted by Gasteiger charge is -2.13. The molecule has 0 bridgehead atoms. The number of hydrogen-bond acceptors (Lipinski definition) is 6. The van der Waals surface area contributed by atoms with E-state index in [1.165, 1.54) is 6.33 Å². The Morgan fingerprint density at radius 3 is 2.79 bits per heavy atom. The van der Waals surface area contributed by atoms with E-state index in [1.54, 1.807) is 12.1 Å². The first-order chi connectivity index (χ1) is 15.1. The van der Waals surface area contributed by atoms with Gasteiger partial charge in [-0.25, -0.2) is 9.97 Å². The van der Waals surface area contributed by atoms with Crippen LogP contribution in [-0.4, -0.2) is 27.0 Å². The quantitative estimate of drug-likeness (QED) is 0.342. The Kier molecular flexibility index (Phi) is 7.65. The molecule has 1 aliphatic rings. The Labute approximate surface area is 207 Å². The van der Waals surface area contributed by atoms with Gasteiger partial charge in [-0.15, -0.1) is 24.8 Å². The Morgan fingerprint density at radius 1 is 1.15 bits per heavy atom. The predicted molar refractivity (Wildman–Crippen MR) is 135 cm³/mol. The van der Waals surface area contributed by atoms with E-state index < -0.39 is 0 Å². The molecule has 0 spiro atoms. The Balaban J connectivity index is 0.00000153. The Hall–Kier alpha value is -3.04. The number of amides is 1. The van der Waals surface area contributed by atoms with Crippen molar-refractivity contribution in [1.82, 2.24) is 14.5 Å². The molecule has 0 aliphatic carbocycles. The van der Waals surface area contributed by atoms with Crippen LogP contribution in [0.15, 0.2) is 55.0 Å². The van der Waals surface area contributed by atoms with Crippen molar-refractivity contribution >= 4 is 70.5 Å². The summed E-state index contributed by atoms with van der Waals surface area (Å²) in [5, 5.41) is 6.55. The maximum absolute atomic E-state index is 11.7. The van der Waals surface area contributed by atoms with E-state index in [-0.39, 0.29) is 37.1 Å². The first-order valence-corrected chi connectivity index (χ1v) is 10.2. The molecule has 1 amide bonds. The van der Waals surface area contributed by atoms with E-state index in [2.05, 4.69) is 20.6 Å². The number of nitrogens with two attached hydrogens (primary N) is 1. The topological polar surface area (TPSA) is 107 Å². The van der Waals surface area contributed by atoms with Crippen molar-refractivity contribution in [1.29, 1.82) is 0 Å². The first kappa shape index (κ1) is 24.6. The van der Waals surface area contributed by atoms with Crippen molar-refractivity contribution in [3.05, 3.63) is 65.6 Å². The minimum Gasteiger partial charge on any atom is -0.455 e. The summed E-state index contributed by atoms with van der Waals surface area (Å²) in [4.78, 5) is 20.4. The van der Waals surface area contributed by atoms with Crippen LogP contribution in [0.3, 0.4) is 0 Å². The third-order valence-electron chi connectivity index (χ3n) is 5.08. The van der Waals surface area contributed by atoms with Gasteiger partial charge in [-0.2, -0.15) is 0 Å². The standard InChI is InChI=1S/C22H19ClN6O2.2ClH/c23-15-10-13(27-22-21-17(25-12-26-22)6-8-29(21)9-7-24)4-5-19(15)31-18-3-1-2-16-14(18)11-20(30)28-16;;/h1-6,8,10,12H,7,9,11,24H2,(H,28,30)(H,25,26,27);2*1H. The van der Waals surface area contributed by atoms with Gasteiger partial charge < -0.3 is 25.7 Å². The molecule has 0 saturated carbocycles. The molecule has 0 saturated heterocycles. The van der Waals surface area contributed by atoms with Gasteiger partial charge >= 0.3 is 0 Å². The molecule has 5 rings (SSSR count). The van der Waals surface area contributed by atoms with Gasteiger partial charge in [0, 0.05) is 36.2 Å². The molecule has 4 N–H and O–H groups in total. The maximum atomic E-state index is 11.7. The van der Waals surface area contributed by atoms with E-state index >= 15 is 0 Å². The summed E-state index contributed by atoms with van der Waals surface area (Å²) < 4.78 is 8.03. The number of nitrogens with zero attached hydrogens (tertiary/aromatic N) is 3. The van der Waals surface area contributed by atoms with E-state index in [4.69, 9.17) is 22.1 Å². The number of anilines is 3. The minimum absolute atomic E-state index is 0. The van der Waals surface area contributed by atoms with Crippen molar-refractivity contribution in [2.45, 2.75) is 13.0 Å². The lowest BCUT2D eigenvalue weighted by atomic mass is 10.1. The second kappa shape index (κ2) is 10.3. The van der Waals surface area contributed by atoms with Gasteiger partial charge in [0.15, 0.2) is 5.82 Å². The average molecular weight is 508 g/mol. The SMILES string of the molecule is Cl.Cl.NCCn1ccc2ncnc(Nc3ccc(Oc4cccc5c4CC(=O)N5)c(Cl)c3)c21. The zero-order chi connectivity index (χ0) is 21.4. The molecule has 0 fully saturated rings. The number of hydrogen-bond donors (Lipinski definition) is 3. The molecular formula is C22H21Cl3N6O2. The molecule has 0 unspecified atom stereocenters. The molecule has 33 heavy (non-hydrogen) atoms. The maximum Gasteiger partial charge on any atom is 0.229 e. The van der Waals surface area contributed by atoms with E-state index in [1.807, 2.05) is 41.1 Å². The third kappa shape index (κ3) is 4.84. The summed E-state index contributed by atoms with van der Waals surface area (Å²) in [6.45, 7) is 1.18. The van der Waals surface area contributed by atoms with Crippen molar-refractivity contribution in [3.63, 3.8) is 0 Å². The molecule has 11 heteroatoms. The molecule has 3 heterocycles. The number of benzene rings is 2. The van der Waals surface area contributed by atoms with Gasteiger partial charge in [0.1, 0.15) is 23.3 Å². The van der Waals surface area contributed by atoms with Crippen molar-refractivity contribution in [2.24, 2.45) is 5.73 Å². The average Bonchev–Trinajstić information content (AvgIpc) is 3.34. The van der Waals surface area contributed by atoms with Crippen molar-refractivity contribution in [2.75, 3.05) is 17.2 Å². The fraction of sp³-hybridized carbons (Fsp3) is 0.136. The number of carbonyl (C=O) groups excluding carboxylic acids is 1. The minimum atomic E-state index is -0.0488. The summed E-state index contributed by atoms with van der Waals surface area (Å²) in [7, 11) is 0. The number of carbonyl (C=O) groups is 1. The molecule has 4 aromatic rings. The van der Waals surface area contributed by atoms with Crippen LogP contribution in [0.4, 0.5) is 17.2 Å². The zero-order valence-electron chi connectivity index (χ0n) is 17.2. The highest BCUT2D eigenvalue weighted by molar-refractivity contribution is 6.32. The molecule has 172 valence electrons. The van der Waals surface area contributed by atoms with Crippen LogP contribution in [0.2, 0.25) is 5.02 Å². The second-order valence-corrected chi connectivity index (χ2v) is 7.54. The predicted octanol–water partition coefficient (Wildman–Crippen LogP) is 4.92. The summed E-state index contributed by atoms with van der Waals surface area (Å²) in [6.07, 6.45) is 3.75. The largest absolute Gasteiger partial charge is 0.455 e. The fourth-order valence-electron chi connectivity index (χ4n) is 3.68. The van der Waals surface area contributed by atoms with Gasteiger partial charge in [-0.1, -0.05) is 17.7 Å². The molecule has 8 nitrogen and oxygen atoms in total. The number of ether oxygens (including phenoxy) is 1. The zero-order valence-corrected chi connectivity index (χ0v) is 19.6. The van der Waals surface area contributed by atoms with Crippen LogP contribution in [0.5, 0.6) is 11.5 Å². The monoisotopic (exact) mass is 506 g/mol. The van der Waals surface area contributed by atoms with Gasteiger partial charge in [-0.3, -0.25) is 4.79 Å². The number of fused-ring (bicyclic) bond motifs is 2. The number of rotatable bonds is 6. The van der Waals surface area contributed by atoms with Gasteiger partial charge in [0.05, 0.1) is 17.0 Å². The lowest BCUT2D eigenvalue weighted by molar-refractivity contribution is -0.115. The highest BCUT2D eigenvalue weighted by atomic mass is 35.5. The fourth-order valence-corrected chi connectivity index (χ4v) is 3.90. The van der Waals surface area contributed by atoms with Crippen molar-refractivity contribution in [3.8, 4) is 11.5 Å². The van der Waals surface area contributed by atoms with Crippen LogP contribution in [0.25, 0.3) is 11.0 Å². The highest BCUT2D eigenvalue weighted by Gasteiger charge is 2.22. The third-order valence-corrected chi connectivity index (χ3v) is 5.37. The summed E-state index contributed by atoms with van der Waals surface area (Å²) in [5.74, 6) is 1.72. The van der Waals surface area contributed by atoms with Crippen LogP contribution < -0.4 is 21.1 Å². The Morgan fingerprint density at radius 2 is 2.00 bits per heavy atom. The van der Waals surface area contributed by atoms with E-state index in [0.29, 0.717) is 35.4 Å². The van der Waals surface area contributed by atoms with Crippen LogP contribution in [-0.2, 0) is 17.8 Å². The normalized spacial score (nSPS) is 11.9. The smallest absolute Gasteiger partial charge is 0.229 e. The van der Waals surface area contributed by atoms with Gasteiger partial charge in [0.2, 0.25) is 5.91 Å². The lowest BCUT2D eigenvalue weighted by Crippen LogP contribution is -2.10. The van der Waals surface area contributed by atoms with Crippen LogP contribution in [0.1, 0.15) is 5.56 Å². The van der Waals surface area contributed by atoms with Gasteiger partial charge in [-0.05, 0) is 36.4 Å². The molecule has 1 aliphatic heterocycles. The van der Waals surface area contributed by atoms with Crippen LogP contribution in [0, 0.1) is 0 Å². The number of halogens is 3. The van der Waals surface area contributed by atoms with Crippen LogP contribution >= 0.6 is 36.4 Å². The molecule has 2 aromatic heterocycles. The first-order valence-electron chi connectivity index (χ1n) is 9.78. The molecule has 0 atom stereocenters. The molecule has 2 aromatic carbocycles. The summed E-state index contributed by atoms with van der Waals surface area (Å²) >= 11 is 6.50. The van der Waals surface area contributed by atoms with Crippen molar-refractivity contribution < 1.29 is 9.53 Å². The molecular weight excluding hydrogens is 487 g/mol. The Bertz CT molecular complexity index is 1310. The highest BCUT2D eigenvalue weighted by Crippen LogP contribution is 2.38. The number of aromatic nitrogens is 3.